The largest absolute Gasteiger partial charge is 0.328 e. The van der Waals surface area contributed by atoms with Crippen molar-refractivity contribution in [2.45, 2.75) is 20.4 Å². The van der Waals surface area contributed by atoms with Gasteiger partial charge in [0.1, 0.15) is 10.2 Å². The highest BCUT2D eigenvalue weighted by Crippen LogP contribution is 2.28. The summed E-state index contributed by atoms with van der Waals surface area (Å²) >= 11 is 7.79. The van der Waals surface area contributed by atoms with Crippen molar-refractivity contribution < 1.29 is 0 Å². The number of fused-ring (bicyclic) bond motifs is 1. The molecule has 0 unspecified atom stereocenters. The van der Waals surface area contributed by atoms with E-state index in [9.17, 15) is 4.79 Å². The lowest BCUT2D eigenvalue weighted by Gasteiger charge is -2.07. The standard InChI is InChI=1S/C18H15ClN4OS/c1-10-21-14-5-3-12(13-4-6-17(24)20-8-13)7-16(14)23(10)9-15-18(19)25-11(2)22-15/h3-8H,9H2,1-2H3,(H,20,24). The van der Waals surface area contributed by atoms with Gasteiger partial charge in [-0.1, -0.05) is 17.7 Å². The van der Waals surface area contributed by atoms with Crippen LogP contribution in [0, 0.1) is 13.8 Å². The summed E-state index contributed by atoms with van der Waals surface area (Å²) in [4.78, 5) is 23.1. The lowest BCUT2D eigenvalue weighted by molar-refractivity contribution is 0.768. The van der Waals surface area contributed by atoms with E-state index in [-0.39, 0.29) is 5.56 Å². The second kappa shape index (κ2) is 6.13. The molecular weight excluding hydrogens is 356 g/mol. The first-order chi connectivity index (χ1) is 12.0. The van der Waals surface area contributed by atoms with Gasteiger partial charge in [0, 0.05) is 12.3 Å². The quantitative estimate of drug-likeness (QED) is 0.588. The molecule has 0 aliphatic rings. The Kier molecular flexibility index (Phi) is 3.94. The van der Waals surface area contributed by atoms with E-state index in [4.69, 9.17) is 11.6 Å². The molecule has 0 saturated heterocycles. The summed E-state index contributed by atoms with van der Waals surface area (Å²) in [6, 6.07) is 9.42. The Morgan fingerprint density at radius 2 is 1.96 bits per heavy atom. The van der Waals surface area contributed by atoms with Crippen LogP contribution in [0.2, 0.25) is 4.34 Å². The van der Waals surface area contributed by atoms with E-state index >= 15 is 0 Å². The summed E-state index contributed by atoms with van der Waals surface area (Å²) in [5, 5.41) is 0.955. The molecule has 0 radical (unpaired) electrons. The van der Waals surface area contributed by atoms with Gasteiger partial charge in [-0.3, -0.25) is 4.79 Å². The number of aryl methyl sites for hydroxylation is 2. The Labute approximate surface area is 153 Å². The third kappa shape index (κ3) is 2.99. The molecule has 1 N–H and O–H groups in total. The third-order valence-electron chi connectivity index (χ3n) is 4.12. The second-order valence-electron chi connectivity index (χ2n) is 5.84. The van der Waals surface area contributed by atoms with Gasteiger partial charge in [0.15, 0.2) is 0 Å². The zero-order chi connectivity index (χ0) is 17.6. The number of halogens is 1. The topological polar surface area (TPSA) is 63.6 Å². The molecule has 126 valence electrons. The summed E-state index contributed by atoms with van der Waals surface area (Å²) in [5.74, 6) is 0.912. The summed E-state index contributed by atoms with van der Waals surface area (Å²) in [7, 11) is 0. The second-order valence-corrected chi connectivity index (χ2v) is 7.65. The van der Waals surface area contributed by atoms with Gasteiger partial charge in [0.2, 0.25) is 5.56 Å². The minimum absolute atomic E-state index is 0.112. The highest BCUT2D eigenvalue weighted by molar-refractivity contribution is 7.15. The lowest BCUT2D eigenvalue weighted by atomic mass is 10.1. The minimum atomic E-state index is -0.112. The van der Waals surface area contributed by atoms with E-state index in [0.717, 1.165) is 43.0 Å². The monoisotopic (exact) mass is 370 g/mol. The predicted molar refractivity (Wildman–Crippen MR) is 101 cm³/mol. The maximum Gasteiger partial charge on any atom is 0.247 e. The molecule has 0 fully saturated rings. The number of thiazole rings is 1. The normalized spacial score (nSPS) is 11.3. The van der Waals surface area contributed by atoms with E-state index in [1.807, 2.05) is 32.0 Å². The van der Waals surface area contributed by atoms with Gasteiger partial charge in [0.25, 0.3) is 0 Å². The number of hydrogen-bond acceptors (Lipinski definition) is 4. The van der Waals surface area contributed by atoms with Crippen LogP contribution in [0.1, 0.15) is 16.5 Å². The molecule has 5 nitrogen and oxygen atoms in total. The van der Waals surface area contributed by atoms with Crippen LogP contribution >= 0.6 is 22.9 Å². The van der Waals surface area contributed by atoms with Gasteiger partial charge in [-0.05, 0) is 43.2 Å². The van der Waals surface area contributed by atoms with Crippen LogP contribution in [0.5, 0.6) is 0 Å². The van der Waals surface area contributed by atoms with Crippen molar-refractivity contribution in [3.05, 3.63) is 67.7 Å². The number of benzene rings is 1. The van der Waals surface area contributed by atoms with E-state index < -0.39 is 0 Å². The lowest BCUT2D eigenvalue weighted by Crippen LogP contribution is -2.03. The molecule has 3 heterocycles. The van der Waals surface area contributed by atoms with Gasteiger partial charge in [-0.15, -0.1) is 11.3 Å². The zero-order valence-corrected chi connectivity index (χ0v) is 15.3. The molecule has 1 aromatic carbocycles. The van der Waals surface area contributed by atoms with Crippen LogP contribution in [0.3, 0.4) is 0 Å². The number of H-pyrrole nitrogens is 1. The van der Waals surface area contributed by atoms with Crippen molar-refractivity contribution >= 4 is 34.0 Å². The molecule has 0 aliphatic heterocycles. The molecule has 25 heavy (non-hydrogen) atoms. The molecule has 0 aliphatic carbocycles. The van der Waals surface area contributed by atoms with Gasteiger partial charge >= 0.3 is 0 Å². The van der Waals surface area contributed by atoms with Crippen LogP contribution in [0.4, 0.5) is 0 Å². The summed E-state index contributed by atoms with van der Waals surface area (Å²) in [6.45, 7) is 4.51. The highest BCUT2D eigenvalue weighted by atomic mass is 35.5. The number of pyridine rings is 1. The molecule has 0 amide bonds. The number of hydrogen-bond donors (Lipinski definition) is 1. The van der Waals surface area contributed by atoms with Crippen molar-refractivity contribution in [1.82, 2.24) is 19.5 Å². The molecule has 0 atom stereocenters. The summed E-state index contributed by atoms with van der Waals surface area (Å²) < 4.78 is 2.83. The van der Waals surface area contributed by atoms with Crippen LogP contribution < -0.4 is 5.56 Å². The molecule has 0 bridgehead atoms. The van der Waals surface area contributed by atoms with Crippen LogP contribution in [-0.2, 0) is 6.54 Å². The number of nitrogens with zero attached hydrogens (tertiary/aromatic N) is 3. The van der Waals surface area contributed by atoms with Gasteiger partial charge in [-0.25, -0.2) is 9.97 Å². The molecular formula is C18H15ClN4OS. The molecule has 4 aromatic rings. The third-order valence-corrected chi connectivity index (χ3v) is 5.37. The Morgan fingerprint density at radius 1 is 1.16 bits per heavy atom. The Morgan fingerprint density at radius 3 is 2.64 bits per heavy atom. The van der Waals surface area contributed by atoms with E-state index in [2.05, 4.69) is 25.6 Å². The van der Waals surface area contributed by atoms with Crippen molar-refractivity contribution in [1.29, 1.82) is 0 Å². The first-order valence-corrected chi connectivity index (χ1v) is 8.98. The number of aromatic amines is 1. The maximum absolute atomic E-state index is 11.3. The van der Waals surface area contributed by atoms with E-state index in [1.165, 1.54) is 17.4 Å². The fourth-order valence-electron chi connectivity index (χ4n) is 2.91. The Balaban J connectivity index is 1.82. The smallest absolute Gasteiger partial charge is 0.247 e. The highest BCUT2D eigenvalue weighted by Gasteiger charge is 2.13. The Bertz CT molecular complexity index is 1120. The molecule has 3 aromatic heterocycles. The first-order valence-electron chi connectivity index (χ1n) is 7.79. The predicted octanol–water partition coefficient (Wildman–Crippen LogP) is 4.17. The van der Waals surface area contributed by atoms with Gasteiger partial charge in [0.05, 0.1) is 28.3 Å². The van der Waals surface area contributed by atoms with Crippen molar-refractivity contribution in [3.8, 4) is 11.1 Å². The van der Waals surface area contributed by atoms with Crippen molar-refractivity contribution in [2.75, 3.05) is 0 Å². The van der Waals surface area contributed by atoms with Gasteiger partial charge in [-0.2, -0.15) is 0 Å². The first kappa shape index (κ1) is 16.1. The van der Waals surface area contributed by atoms with Crippen molar-refractivity contribution in [3.63, 3.8) is 0 Å². The fourth-order valence-corrected chi connectivity index (χ4v) is 3.99. The number of rotatable bonds is 3. The van der Waals surface area contributed by atoms with Crippen LogP contribution in [-0.4, -0.2) is 19.5 Å². The average molecular weight is 371 g/mol. The molecule has 7 heteroatoms. The van der Waals surface area contributed by atoms with Crippen LogP contribution in [0.15, 0.2) is 41.3 Å². The number of imidazole rings is 1. The van der Waals surface area contributed by atoms with Crippen LogP contribution in [0.25, 0.3) is 22.2 Å². The summed E-state index contributed by atoms with van der Waals surface area (Å²) in [6.07, 6.45) is 1.72. The zero-order valence-electron chi connectivity index (χ0n) is 13.7. The van der Waals surface area contributed by atoms with E-state index in [0.29, 0.717) is 6.54 Å². The average Bonchev–Trinajstić information content (AvgIpc) is 3.07. The minimum Gasteiger partial charge on any atom is -0.328 e. The molecule has 0 spiro atoms. The number of aromatic nitrogens is 4. The molecule has 4 rings (SSSR count). The molecule has 0 saturated carbocycles. The van der Waals surface area contributed by atoms with Gasteiger partial charge < -0.3 is 9.55 Å². The summed E-state index contributed by atoms with van der Waals surface area (Å²) in [5.41, 5.74) is 4.66. The SMILES string of the molecule is Cc1nc(Cn2c(C)nc3ccc(-c4ccc(=O)[nH]c4)cc32)c(Cl)s1. The van der Waals surface area contributed by atoms with Crippen molar-refractivity contribution in [2.24, 2.45) is 0 Å². The van der Waals surface area contributed by atoms with E-state index in [1.54, 1.807) is 6.20 Å². The number of nitrogens with one attached hydrogen (secondary N) is 1. The Hall–Kier alpha value is -2.44. The maximum atomic E-state index is 11.3. The fraction of sp³-hybridized carbons (Fsp3) is 0.167.